The predicted molar refractivity (Wildman–Crippen MR) is 59.6 cm³/mol. The van der Waals surface area contributed by atoms with Gasteiger partial charge in [0.15, 0.2) is 12.4 Å². The molecule has 0 aromatic carbocycles. The molecule has 0 aromatic heterocycles. The molecular formula is C10H18N6. The molecule has 0 atom stereocenters. The fourth-order valence-electron chi connectivity index (χ4n) is 1.77. The molecule has 1 rings (SSSR count). The van der Waals surface area contributed by atoms with Crippen molar-refractivity contribution in [1.29, 1.82) is 10.5 Å². The lowest BCUT2D eigenvalue weighted by molar-refractivity contribution is 0.238. The van der Waals surface area contributed by atoms with E-state index in [9.17, 15) is 0 Å². The van der Waals surface area contributed by atoms with E-state index in [0.717, 1.165) is 45.7 Å². The Balaban J connectivity index is 1.99. The second kappa shape index (κ2) is 7.75. The first-order chi connectivity index (χ1) is 7.86. The molecule has 1 aliphatic heterocycles. The summed E-state index contributed by atoms with van der Waals surface area (Å²) >= 11 is 0. The van der Waals surface area contributed by atoms with E-state index in [1.165, 1.54) is 0 Å². The number of nitrogens with one attached hydrogen (secondary N) is 2. The van der Waals surface area contributed by atoms with Crippen molar-refractivity contribution in [1.82, 2.24) is 20.4 Å². The molecule has 16 heavy (non-hydrogen) atoms. The van der Waals surface area contributed by atoms with E-state index in [1.807, 2.05) is 12.4 Å². The van der Waals surface area contributed by atoms with Crippen LogP contribution in [0.5, 0.6) is 0 Å². The van der Waals surface area contributed by atoms with E-state index < -0.39 is 0 Å². The van der Waals surface area contributed by atoms with E-state index in [2.05, 4.69) is 20.4 Å². The molecule has 0 spiro atoms. The van der Waals surface area contributed by atoms with Crippen molar-refractivity contribution in [2.45, 2.75) is 12.8 Å². The molecule has 0 amide bonds. The van der Waals surface area contributed by atoms with Crippen LogP contribution in [-0.2, 0) is 0 Å². The Hall–Kier alpha value is -1.50. The molecule has 1 aliphatic rings. The van der Waals surface area contributed by atoms with Crippen LogP contribution in [0.4, 0.5) is 0 Å². The van der Waals surface area contributed by atoms with Gasteiger partial charge in [0, 0.05) is 19.6 Å². The summed E-state index contributed by atoms with van der Waals surface area (Å²) < 4.78 is 0. The van der Waals surface area contributed by atoms with Gasteiger partial charge in [-0.25, -0.2) is 0 Å². The lowest BCUT2D eigenvalue weighted by atomic mass is 10.3. The molecular weight excluding hydrogens is 204 g/mol. The molecule has 6 heteroatoms. The summed E-state index contributed by atoms with van der Waals surface area (Å²) in [4.78, 5) is 4.57. The average Bonchev–Trinajstić information content (AvgIpc) is 2.74. The third kappa shape index (κ3) is 4.83. The number of nitriles is 2. The van der Waals surface area contributed by atoms with E-state index in [-0.39, 0.29) is 0 Å². The molecule has 1 saturated heterocycles. The molecule has 0 aliphatic carbocycles. The molecule has 6 nitrogen and oxygen atoms in total. The average molecular weight is 222 g/mol. The Bertz CT molecular complexity index is 265. The van der Waals surface area contributed by atoms with Crippen LogP contribution < -0.4 is 10.6 Å². The van der Waals surface area contributed by atoms with Gasteiger partial charge in [-0.3, -0.25) is 9.80 Å². The summed E-state index contributed by atoms with van der Waals surface area (Å²) in [6.07, 6.45) is 5.98. The Labute approximate surface area is 96.4 Å². The van der Waals surface area contributed by atoms with Crippen molar-refractivity contribution in [3.05, 3.63) is 0 Å². The summed E-state index contributed by atoms with van der Waals surface area (Å²) in [7, 11) is 0. The van der Waals surface area contributed by atoms with E-state index in [1.54, 1.807) is 0 Å². The van der Waals surface area contributed by atoms with Crippen LogP contribution in [0.25, 0.3) is 0 Å². The lowest BCUT2D eigenvalue weighted by Gasteiger charge is -2.16. The first-order valence-corrected chi connectivity index (χ1v) is 5.55. The summed E-state index contributed by atoms with van der Waals surface area (Å²) in [5.74, 6) is 0. The Kier molecular flexibility index (Phi) is 6.09. The quantitative estimate of drug-likeness (QED) is 0.341. The molecule has 0 bridgehead atoms. The van der Waals surface area contributed by atoms with Gasteiger partial charge in [-0.05, 0) is 19.4 Å². The second-order valence-electron chi connectivity index (χ2n) is 3.85. The zero-order valence-electron chi connectivity index (χ0n) is 9.45. The van der Waals surface area contributed by atoms with Crippen LogP contribution in [0.3, 0.4) is 0 Å². The standard InChI is InChI=1S/C10H18N6/c11-7-13-3-1-2-4-15-5-6-16(10-15)9-14-8-12/h13-14H,1-6,9-10H2. The Morgan fingerprint density at radius 3 is 2.50 bits per heavy atom. The maximum Gasteiger partial charge on any atom is 0.177 e. The first kappa shape index (κ1) is 12.6. The van der Waals surface area contributed by atoms with E-state index >= 15 is 0 Å². The van der Waals surface area contributed by atoms with Gasteiger partial charge in [0.2, 0.25) is 0 Å². The molecule has 0 radical (unpaired) electrons. The monoisotopic (exact) mass is 222 g/mol. The maximum atomic E-state index is 8.38. The van der Waals surface area contributed by atoms with Crippen LogP contribution in [0.2, 0.25) is 0 Å². The fourth-order valence-corrected chi connectivity index (χ4v) is 1.77. The van der Waals surface area contributed by atoms with Gasteiger partial charge >= 0.3 is 0 Å². The minimum atomic E-state index is 0.642. The van der Waals surface area contributed by atoms with Gasteiger partial charge in [-0.2, -0.15) is 10.5 Å². The van der Waals surface area contributed by atoms with Crippen molar-refractivity contribution in [3.63, 3.8) is 0 Å². The number of hydrogen-bond donors (Lipinski definition) is 2. The zero-order chi connectivity index (χ0) is 11.6. The van der Waals surface area contributed by atoms with Crippen LogP contribution >= 0.6 is 0 Å². The summed E-state index contributed by atoms with van der Waals surface area (Å²) in [5.41, 5.74) is 0. The normalized spacial score (nSPS) is 16.6. The van der Waals surface area contributed by atoms with Gasteiger partial charge in [0.1, 0.15) is 0 Å². The molecule has 0 saturated carbocycles. The molecule has 2 N–H and O–H groups in total. The molecule has 1 heterocycles. The van der Waals surface area contributed by atoms with Gasteiger partial charge in [0.25, 0.3) is 0 Å². The number of nitrogens with zero attached hydrogens (tertiary/aromatic N) is 4. The van der Waals surface area contributed by atoms with Crippen LogP contribution in [0, 0.1) is 22.9 Å². The third-order valence-electron chi connectivity index (χ3n) is 2.62. The summed E-state index contributed by atoms with van der Waals surface area (Å²) in [5, 5.41) is 22.0. The Morgan fingerprint density at radius 2 is 1.75 bits per heavy atom. The second-order valence-corrected chi connectivity index (χ2v) is 3.85. The van der Waals surface area contributed by atoms with Crippen LogP contribution in [0.15, 0.2) is 0 Å². The highest BCUT2D eigenvalue weighted by Crippen LogP contribution is 2.04. The highest BCUT2D eigenvalue weighted by atomic mass is 15.4. The van der Waals surface area contributed by atoms with Crippen LogP contribution in [0.1, 0.15) is 12.8 Å². The highest BCUT2D eigenvalue weighted by Gasteiger charge is 2.18. The van der Waals surface area contributed by atoms with Crippen molar-refractivity contribution in [3.8, 4) is 12.4 Å². The summed E-state index contributed by atoms with van der Waals surface area (Å²) in [6, 6.07) is 0. The lowest BCUT2D eigenvalue weighted by Crippen LogP contribution is -2.32. The zero-order valence-corrected chi connectivity index (χ0v) is 9.45. The molecule has 0 aromatic rings. The minimum absolute atomic E-state index is 0.642. The third-order valence-corrected chi connectivity index (χ3v) is 2.62. The fraction of sp³-hybridized carbons (Fsp3) is 0.800. The first-order valence-electron chi connectivity index (χ1n) is 5.55. The maximum absolute atomic E-state index is 8.38. The Morgan fingerprint density at radius 1 is 1.00 bits per heavy atom. The predicted octanol–water partition coefficient (Wildman–Crippen LogP) is -0.559. The molecule has 0 unspecified atom stereocenters. The number of rotatable bonds is 7. The van der Waals surface area contributed by atoms with Crippen molar-refractivity contribution in [2.24, 2.45) is 0 Å². The molecule has 88 valence electrons. The van der Waals surface area contributed by atoms with Crippen molar-refractivity contribution < 1.29 is 0 Å². The highest BCUT2D eigenvalue weighted by molar-refractivity contribution is 4.73. The number of hydrogen-bond acceptors (Lipinski definition) is 6. The largest absolute Gasteiger partial charge is 0.324 e. The van der Waals surface area contributed by atoms with Crippen molar-refractivity contribution >= 4 is 0 Å². The number of unbranched alkanes of at least 4 members (excludes halogenated alkanes) is 1. The van der Waals surface area contributed by atoms with Gasteiger partial charge in [0.05, 0.1) is 13.3 Å². The van der Waals surface area contributed by atoms with Crippen molar-refractivity contribution in [2.75, 3.05) is 39.5 Å². The van der Waals surface area contributed by atoms with E-state index in [0.29, 0.717) is 6.67 Å². The smallest absolute Gasteiger partial charge is 0.177 e. The van der Waals surface area contributed by atoms with Gasteiger partial charge in [-0.15, -0.1) is 0 Å². The summed E-state index contributed by atoms with van der Waals surface area (Å²) in [6.45, 7) is 5.49. The topological polar surface area (TPSA) is 78.1 Å². The minimum Gasteiger partial charge on any atom is -0.324 e. The van der Waals surface area contributed by atoms with Gasteiger partial charge in [-0.1, -0.05) is 0 Å². The van der Waals surface area contributed by atoms with Gasteiger partial charge < -0.3 is 10.6 Å². The van der Waals surface area contributed by atoms with Crippen LogP contribution in [-0.4, -0.2) is 49.3 Å². The van der Waals surface area contributed by atoms with E-state index in [4.69, 9.17) is 10.5 Å². The molecule has 1 fully saturated rings. The SMILES string of the molecule is N#CNCCCCN1CCN(CNC#N)C1.